The summed E-state index contributed by atoms with van der Waals surface area (Å²) in [4.78, 5) is 2.32. The average molecular weight is 455 g/mol. The van der Waals surface area contributed by atoms with Crippen molar-refractivity contribution < 1.29 is 17.9 Å². The zero-order chi connectivity index (χ0) is 22.7. The topological polar surface area (TPSA) is 96.6 Å². The minimum absolute atomic E-state index is 0.476. The summed E-state index contributed by atoms with van der Waals surface area (Å²) >= 11 is 0. The van der Waals surface area contributed by atoms with Gasteiger partial charge in [-0.25, -0.2) is 8.42 Å². The molecule has 0 spiro atoms. The van der Waals surface area contributed by atoms with Crippen molar-refractivity contribution in [3.05, 3.63) is 48.0 Å². The van der Waals surface area contributed by atoms with Crippen molar-refractivity contribution in [2.24, 2.45) is 7.05 Å². The van der Waals surface area contributed by atoms with Gasteiger partial charge >= 0.3 is 0 Å². The van der Waals surface area contributed by atoms with E-state index in [1.807, 2.05) is 41.9 Å². The highest BCUT2D eigenvalue weighted by atomic mass is 32.2. The standard InChI is InChI=1S/C23H26N4O4S/c1-26-22-15-19(31-14-11-27-9-12-30-13-10-27)7-8-20(22)21(16-24)23(26)17-3-5-18(6-4-17)25-32(2,28)29/h3-8,15,25H,9-14H2,1-2H3. The molecule has 1 N–H and O–H groups in total. The number of anilines is 1. The maximum atomic E-state index is 11.4. The van der Waals surface area contributed by atoms with E-state index in [-0.39, 0.29) is 0 Å². The highest BCUT2D eigenvalue weighted by Gasteiger charge is 2.18. The minimum atomic E-state index is -3.35. The van der Waals surface area contributed by atoms with Gasteiger partial charge in [0.05, 0.1) is 36.2 Å². The maximum Gasteiger partial charge on any atom is 0.229 e. The van der Waals surface area contributed by atoms with Gasteiger partial charge in [0.15, 0.2) is 0 Å². The predicted molar refractivity (Wildman–Crippen MR) is 124 cm³/mol. The van der Waals surface area contributed by atoms with Crippen LogP contribution in [-0.2, 0) is 21.8 Å². The van der Waals surface area contributed by atoms with E-state index in [0.29, 0.717) is 17.9 Å². The molecular formula is C23H26N4O4S. The van der Waals surface area contributed by atoms with Gasteiger partial charge in [-0.1, -0.05) is 12.1 Å². The van der Waals surface area contributed by atoms with Gasteiger partial charge in [0.25, 0.3) is 0 Å². The Morgan fingerprint density at radius 2 is 1.88 bits per heavy atom. The molecule has 0 aliphatic carbocycles. The summed E-state index contributed by atoms with van der Waals surface area (Å²) in [7, 11) is -1.43. The van der Waals surface area contributed by atoms with Crippen LogP contribution in [-0.4, -0.2) is 63.6 Å². The second kappa shape index (κ2) is 9.20. The van der Waals surface area contributed by atoms with E-state index in [1.165, 1.54) is 0 Å². The van der Waals surface area contributed by atoms with Gasteiger partial charge in [-0.3, -0.25) is 9.62 Å². The van der Waals surface area contributed by atoms with E-state index in [2.05, 4.69) is 15.7 Å². The fraction of sp³-hybridized carbons (Fsp3) is 0.348. The first-order valence-electron chi connectivity index (χ1n) is 10.4. The Morgan fingerprint density at radius 3 is 2.53 bits per heavy atom. The first kappa shape index (κ1) is 22.1. The molecule has 1 saturated heterocycles. The predicted octanol–water partition coefficient (Wildman–Crippen LogP) is 2.80. The van der Waals surface area contributed by atoms with Crippen LogP contribution < -0.4 is 9.46 Å². The third kappa shape index (κ3) is 4.88. The number of aryl methyl sites for hydroxylation is 1. The Balaban J connectivity index is 1.58. The Labute approximate surface area is 188 Å². The highest BCUT2D eigenvalue weighted by Crippen LogP contribution is 2.35. The third-order valence-corrected chi connectivity index (χ3v) is 6.13. The molecule has 1 aliphatic heterocycles. The molecule has 168 valence electrons. The number of nitrogens with zero attached hydrogens (tertiary/aromatic N) is 3. The Kier molecular flexibility index (Phi) is 6.37. The minimum Gasteiger partial charge on any atom is -0.492 e. The Hall–Kier alpha value is -3.06. The lowest BCUT2D eigenvalue weighted by Gasteiger charge is -2.26. The molecular weight excluding hydrogens is 428 g/mol. The molecule has 4 rings (SSSR count). The summed E-state index contributed by atoms with van der Waals surface area (Å²) in [5.74, 6) is 0.759. The summed E-state index contributed by atoms with van der Waals surface area (Å²) in [6, 6.07) is 15.1. The van der Waals surface area contributed by atoms with Gasteiger partial charge in [0, 0.05) is 43.8 Å². The Morgan fingerprint density at radius 1 is 1.16 bits per heavy atom. The number of nitriles is 1. The van der Waals surface area contributed by atoms with Crippen LogP contribution in [0.2, 0.25) is 0 Å². The zero-order valence-corrected chi connectivity index (χ0v) is 19.0. The van der Waals surface area contributed by atoms with Gasteiger partial charge < -0.3 is 14.0 Å². The first-order chi connectivity index (χ1) is 15.4. The van der Waals surface area contributed by atoms with Crippen LogP contribution in [0.4, 0.5) is 5.69 Å². The van der Waals surface area contributed by atoms with Crippen molar-refractivity contribution >= 4 is 26.6 Å². The summed E-state index contributed by atoms with van der Waals surface area (Å²) in [6.07, 6.45) is 1.11. The van der Waals surface area contributed by atoms with Crippen LogP contribution in [0.25, 0.3) is 22.2 Å². The van der Waals surface area contributed by atoms with Gasteiger partial charge in [-0.2, -0.15) is 5.26 Å². The number of ether oxygens (including phenoxy) is 2. The molecule has 0 atom stereocenters. The summed E-state index contributed by atoms with van der Waals surface area (Å²) < 4.78 is 38.7. The largest absolute Gasteiger partial charge is 0.492 e. The molecule has 2 aromatic carbocycles. The quantitative estimate of drug-likeness (QED) is 0.590. The highest BCUT2D eigenvalue weighted by molar-refractivity contribution is 7.92. The van der Waals surface area contributed by atoms with Crippen molar-refractivity contribution in [1.82, 2.24) is 9.47 Å². The number of aromatic nitrogens is 1. The molecule has 1 aliphatic rings. The lowest BCUT2D eigenvalue weighted by atomic mass is 10.1. The molecule has 0 unspecified atom stereocenters. The lowest BCUT2D eigenvalue weighted by molar-refractivity contribution is 0.0322. The van der Waals surface area contributed by atoms with Crippen LogP contribution in [0.1, 0.15) is 5.56 Å². The van der Waals surface area contributed by atoms with Gasteiger partial charge in [0.1, 0.15) is 18.4 Å². The SMILES string of the molecule is Cn1c(-c2ccc(NS(C)(=O)=O)cc2)c(C#N)c2ccc(OCCN3CCOCC3)cc21. The smallest absolute Gasteiger partial charge is 0.229 e. The third-order valence-electron chi connectivity index (χ3n) is 5.53. The molecule has 3 aromatic rings. The molecule has 1 fully saturated rings. The molecule has 2 heterocycles. The van der Waals surface area contributed by atoms with Crippen molar-refractivity contribution in [1.29, 1.82) is 5.26 Å². The van der Waals surface area contributed by atoms with E-state index in [9.17, 15) is 13.7 Å². The molecule has 32 heavy (non-hydrogen) atoms. The van der Waals surface area contributed by atoms with Crippen LogP contribution in [0.5, 0.6) is 5.75 Å². The number of morpholine rings is 1. The van der Waals surface area contributed by atoms with Crippen molar-refractivity contribution in [3.63, 3.8) is 0 Å². The number of fused-ring (bicyclic) bond motifs is 1. The number of rotatable bonds is 7. The van der Waals surface area contributed by atoms with E-state index in [4.69, 9.17) is 9.47 Å². The van der Waals surface area contributed by atoms with Crippen LogP contribution in [0.15, 0.2) is 42.5 Å². The zero-order valence-electron chi connectivity index (χ0n) is 18.2. The summed E-state index contributed by atoms with van der Waals surface area (Å²) in [5, 5.41) is 10.7. The number of hydrogen-bond donors (Lipinski definition) is 1. The van der Waals surface area contributed by atoms with Crippen molar-refractivity contribution in [2.75, 3.05) is 50.4 Å². The normalized spacial score (nSPS) is 14.9. The molecule has 0 saturated carbocycles. The lowest BCUT2D eigenvalue weighted by Crippen LogP contribution is -2.38. The van der Waals surface area contributed by atoms with Gasteiger partial charge in [0.2, 0.25) is 10.0 Å². The Bertz CT molecular complexity index is 1250. The van der Waals surface area contributed by atoms with Crippen molar-refractivity contribution in [2.45, 2.75) is 0 Å². The van der Waals surface area contributed by atoms with E-state index < -0.39 is 10.0 Å². The number of sulfonamides is 1. The summed E-state index contributed by atoms with van der Waals surface area (Å²) in [5.41, 5.74) is 3.56. The molecule has 8 nitrogen and oxygen atoms in total. The maximum absolute atomic E-state index is 11.4. The summed E-state index contributed by atoms with van der Waals surface area (Å²) in [6.45, 7) is 4.81. The second-order valence-electron chi connectivity index (χ2n) is 7.83. The van der Waals surface area contributed by atoms with Crippen LogP contribution >= 0.6 is 0 Å². The van der Waals surface area contributed by atoms with Crippen LogP contribution in [0, 0.1) is 11.3 Å². The second-order valence-corrected chi connectivity index (χ2v) is 9.58. The number of nitrogens with one attached hydrogen (secondary N) is 1. The number of hydrogen-bond acceptors (Lipinski definition) is 6. The molecule has 9 heteroatoms. The van der Waals surface area contributed by atoms with E-state index >= 15 is 0 Å². The van der Waals surface area contributed by atoms with Crippen LogP contribution in [0.3, 0.4) is 0 Å². The fourth-order valence-corrected chi connectivity index (χ4v) is 4.55. The first-order valence-corrected chi connectivity index (χ1v) is 12.3. The fourth-order valence-electron chi connectivity index (χ4n) is 3.98. The molecule has 1 aromatic heterocycles. The van der Waals surface area contributed by atoms with Crippen molar-refractivity contribution in [3.8, 4) is 23.1 Å². The van der Waals surface area contributed by atoms with E-state index in [1.54, 1.807) is 12.1 Å². The number of benzene rings is 2. The molecule has 0 amide bonds. The van der Waals surface area contributed by atoms with E-state index in [0.717, 1.165) is 67.0 Å². The average Bonchev–Trinajstić information content (AvgIpc) is 3.05. The van der Waals surface area contributed by atoms with Gasteiger partial charge in [-0.05, 0) is 29.8 Å². The molecule has 0 bridgehead atoms. The van der Waals surface area contributed by atoms with Gasteiger partial charge in [-0.15, -0.1) is 0 Å². The molecule has 0 radical (unpaired) electrons. The monoisotopic (exact) mass is 454 g/mol.